The summed E-state index contributed by atoms with van der Waals surface area (Å²) in [5.74, 6) is 0.926. The van der Waals surface area contributed by atoms with Gasteiger partial charge in [0, 0.05) is 18.4 Å². The molecule has 0 atom stereocenters. The van der Waals surface area contributed by atoms with Gasteiger partial charge < -0.3 is 9.67 Å². The van der Waals surface area contributed by atoms with Crippen LogP contribution < -0.4 is 0 Å². The standard InChI is InChI=1S/C15H26N2O2S2/c1-12(2)13-10-16-15(21-11-14(18)19)17(13)8-6-4-5-7-9-20-3/h10,12H,4-9,11H2,1-3H3,(H,18,19). The number of hydrogen-bond donors (Lipinski definition) is 1. The first kappa shape index (κ1) is 18.4. The largest absolute Gasteiger partial charge is 0.481 e. The number of carbonyl (C=O) groups is 1. The minimum absolute atomic E-state index is 0.0717. The molecule has 0 aliphatic heterocycles. The molecule has 0 aromatic carbocycles. The molecule has 6 heteroatoms. The number of carboxylic acid groups (broad SMARTS) is 1. The van der Waals surface area contributed by atoms with E-state index in [1.54, 1.807) is 0 Å². The zero-order chi connectivity index (χ0) is 15.7. The van der Waals surface area contributed by atoms with Crippen molar-refractivity contribution in [3.05, 3.63) is 11.9 Å². The van der Waals surface area contributed by atoms with Crippen molar-refractivity contribution in [1.82, 2.24) is 9.55 Å². The summed E-state index contributed by atoms with van der Waals surface area (Å²) in [5, 5.41) is 9.66. The first-order valence-corrected chi connectivity index (χ1v) is 9.83. The van der Waals surface area contributed by atoms with Gasteiger partial charge in [-0.25, -0.2) is 4.98 Å². The topological polar surface area (TPSA) is 55.1 Å². The number of imidazole rings is 1. The normalized spacial score (nSPS) is 11.2. The van der Waals surface area contributed by atoms with Gasteiger partial charge in [0.2, 0.25) is 0 Å². The predicted octanol–water partition coefficient (Wildman–Crippen LogP) is 4.11. The van der Waals surface area contributed by atoms with Crippen molar-refractivity contribution in [2.24, 2.45) is 0 Å². The molecule has 0 unspecified atom stereocenters. The lowest BCUT2D eigenvalue weighted by Crippen LogP contribution is -2.08. The lowest BCUT2D eigenvalue weighted by molar-refractivity contribution is -0.133. The molecule has 4 nitrogen and oxygen atoms in total. The molecule has 0 bridgehead atoms. The number of aliphatic carboxylic acids is 1. The van der Waals surface area contributed by atoms with E-state index in [4.69, 9.17) is 5.11 Å². The summed E-state index contributed by atoms with van der Waals surface area (Å²) in [5.41, 5.74) is 1.20. The zero-order valence-electron chi connectivity index (χ0n) is 13.2. The summed E-state index contributed by atoms with van der Waals surface area (Å²) in [6.07, 6.45) is 8.94. The second-order valence-corrected chi connectivity index (χ2v) is 7.29. The molecule has 0 radical (unpaired) electrons. The maximum Gasteiger partial charge on any atom is 0.313 e. The van der Waals surface area contributed by atoms with Crippen LogP contribution in [-0.4, -0.2) is 38.4 Å². The van der Waals surface area contributed by atoms with Crippen LogP contribution in [0.25, 0.3) is 0 Å². The minimum Gasteiger partial charge on any atom is -0.481 e. The summed E-state index contributed by atoms with van der Waals surface area (Å²) in [6.45, 7) is 5.24. The molecule has 0 aliphatic carbocycles. The van der Waals surface area contributed by atoms with Gasteiger partial charge in [0.15, 0.2) is 5.16 Å². The van der Waals surface area contributed by atoms with E-state index in [0.29, 0.717) is 5.92 Å². The Morgan fingerprint density at radius 3 is 2.67 bits per heavy atom. The number of nitrogens with zero attached hydrogens (tertiary/aromatic N) is 2. The first-order chi connectivity index (χ1) is 10.1. The van der Waals surface area contributed by atoms with Crippen molar-refractivity contribution in [2.75, 3.05) is 17.8 Å². The average Bonchev–Trinajstić information content (AvgIpc) is 2.83. The summed E-state index contributed by atoms with van der Waals surface area (Å²) < 4.78 is 2.20. The van der Waals surface area contributed by atoms with Gasteiger partial charge in [-0.05, 0) is 30.8 Å². The van der Waals surface area contributed by atoms with Gasteiger partial charge in [0.1, 0.15) is 0 Å². The van der Waals surface area contributed by atoms with Gasteiger partial charge >= 0.3 is 5.97 Å². The first-order valence-electron chi connectivity index (χ1n) is 7.45. The second kappa shape index (κ2) is 10.2. The molecular weight excluding hydrogens is 304 g/mol. The van der Waals surface area contributed by atoms with E-state index in [9.17, 15) is 4.79 Å². The molecule has 1 heterocycles. The fraction of sp³-hybridized carbons (Fsp3) is 0.733. The Hall–Kier alpha value is -0.620. The Bertz CT molecular complexity index is 433. The summed E-state index contributed by atoms with van der Waals surface area (Å²) in [7, 11) is 0. The third-order valence-corrected chi connectivity index (χ3v) is 4.92. The quantitative estimate of drug-likeness (QED) is 0.489. The van der Waals surface area contributed by atoms with Crippen LogP contribution in [0.15, 0.2) is 11.4 Å². The number of carboxylic acids is 1. The van der Waals surface area contributed by atoms with Crippen molar-refractivity contribution in [2.45, 2.75) is 57.1 Å². The fourth-order valence-electron chi connectivity index (χ4n) is 2.17. The van der Waals surface area contributed by atoms with Gasteiger partial charge in [-0.2, -0.15) is 11.8 Å². The smallest absolute Gasteiger partial charge is 0.313 e. The maximum absolute atomic E-state index is 10.7. The molecule has 0 spiro atoms. The van der Waals surface area contributed by atoms with E-state index >= 15 is 0 Å². The van der Waals surface area contributed by atoms with E-state index in [1.165, 1.54) is 42.5 Å². The van der Waals surface area contributed by atoms with Crippen LogP contribution in [0.1, 0.15) is 51.1 Å². The van der Waals surface area contributed by atoms with Gasteiger partial charge in [0.05, 0.1) is 5.75 Å². The molecule has 1 N–H and O–H groups in total. The molecular formula is C15H26N2O2S2. The second-order valence-electron chi connectivity index (χ2n) is 5.36. The molecule has 0 saturated heterocycles. The van der Waals surface area contributed by atoms with Gasteiger partial charge in [-0.3, -0.25) is 4.79 Å². The molecule has 0 amide bonds. The Morgan fingerprint density at radius 2 is 2.05 bits per heavy atom. The number of unbranched alkanes of at least 4 members (excludes halogenated alkanes) is 3. The lowest BCUT2D eigenvalue weighted by atomic mass is 10.1. The van der Waals surface area contributed by atoms with E-state index in [2.05, 4.69) is 29.7 Å². The summed E-state index contributed by atoms with van der Waals surface area (Å²) >= 11 is 3.22. The van der Waals surface area contributed by atoms with Crippen LogP contribution in [-0.2, 0) is 11.3 Å². The SMILES string of the molecule is CSCCCCCCn1c(C(C)C)cnc1SCC(=O)O. The number of rotatable bonds is 11. The highest BCUT2D eigenvalue weighted by molar-refractivity contribution is 7.99. The van der Waals surface area contributed by atoms with Crippen molar-refractivity contribution in [1.29, 1.82) is 0 Å². The van der Waals surface area contributed by atoms with Crippen LogP contribution in [0.2, 0.25) is 0 Å². The van der Waals surface area contributed by atoms with Crippen molar-refractivity contribution in [3.8, 4) is 0 Å². The van der Waals surface area contributed by atoms with Crippen molar-refractivity contribution < 1.29 is 9.90 Å². The number of hydrogen-bond acceptors (Lipinski definition) is 4. The lowest BCUT2D eigenvalue weighted by Gasteiger charge is -2.13. The molecule has 120 valence electrons. The molecule has 0 saturated carbocycles. The third-order valence-electron chi connectivity index (χ3n) is 3.25. The van der Waals surface area contributed by atoms with E-state index < -0.39 is 5.97 Å². The van der Waals surface area contributed by atoms with Crippen molar-refractivity contribution in [3.63, 3.8) is 0 Å². The monoisotopic (exact) mass is 330 g/mol. The molecule has 1 rings (SSSR count). The van der Waals surface area contributed by atoms with Gasteiger partial charge in [-0.15, -0.1) is 0 Å². The summed E-state index contributed by atoms with van der Waals surface area (Å²) in [6, 6.07) is 0. The summed E-state index contributed by atoms with van der Waals surface area (Å²) in [4.78, 5) is 15.1. The Labute approximate surface area is 136 Å². The third kappa shape index (κ3) is 6.78. The van der Waals surface area contributed by atoms with Crippen LogP contribution >= 0.6 is 23.5 Å². The highest BCUT2D eigenvalue weighted by Gasteiger charge is 2.14. The molecule has 0 fully saturated rings. The number of aromatic nitrogens is 2. The Balaban J connectivity index is 2.55. The molecule has 1 aromatic rings. The minimum atomic E-state index is -0.794. The van der Waals surface area contributed by atoms with Crippen LogP contribution in [0.4, 0.5) is 0 Å². The van der Waals surface area contributed by atoms with Crippen molar-refractivity contribution >= 4 is 29.5 Å². The van der Waals surface area contributed by atoms with E-state index in [-0.39, 0.29) is 5.75 Å². The predicted molar refractivity (Wildman–Crippen MR) is 91.5 cm³/mol. The van der Waals surface area contributed by atoms with Gasteiger partial charge in [-0.1, -0.05) is 38.5 Å². The highest BCUT2D eigenvalue weighted by Crippen LogP contribution is 2.24. The van der Waals surface area contributed by atoms with E-state index in [0.717, 1.165) is 18.1 Å². The van der Waals surface area contributed by atoms with Crippen LogP contribution in [0.5, 0.6) is 0 Å². The highest BCUT2D eigenvalue weighted by atomic mass is 32.2. The fourth-order valence-corrected chi connectivity index (χ4v) is 3.39. The molecule has 1 aromatic heterocycles. The Morgan fingerprint density at radius 1 is 1.33 bits per heavy atom. The van der Waals surface area contributed by atoms with Crippen LogP contribution in [0.3, 0.4) is 0 Å². The Kier molecular flexibility index (Phi) is 8.92. The van der Waals surface area contributed by atoms with E-state index in [1.807, 2.05) is 18.0 Å². The van der Waals surface area contributed by atoms with Gasteiger partial charge in [0.25, 0.3) is 0 Å². The average molecular weight is 331 g/mol. The van der Waals surface area contributed by atoms with Crippen LogP contribution in [0, 0.1) is 0 Å². The number of thioether (sulfide) groups is 2. The maximum atomic E-state index is 10.7. The molecule has 0 aliphatic rings. The zero-order valence-corrected chi connectivity index (χ0v) is 14.8. The molecule has 21 heavy (non-hydrogen) atoms.